The van der Waals surface area contributed by atoms with Gasteiger partial charge in [0.25, 0.3) is 0 Å². The molecule has 0 heterocycles. The second-order valence-electron chi connectivity index (χ2n) is 5.34. The van der Waals surface area contributed by atoms with E-state index < -0.39 is 0 Å². The number of rotatable bonds is 5. The SMILES string of the molecule is CC(c1ccccc1)N(C)C(=O)CCc1cccc(N)c1. The number of carbonyl (C=O) groups is 1. The van der Waals surface area contributed by atoms with Crippen LogP contribution in [0.1, 0.15) is 30.5 Å². The van der Waals surface area contributed by atoms with E-state index in [0.717, 1.165) is 23.2 Å². The fourth-order valence-electron chi connectivity index (χ4n) is 2.35. The van der Waals surface area contributed by atoms with Gasteiger partial charge in [0.2, 0.25) is 5.91 Å². The molecule has 0 aliphatic carbocycles. The van der Waals surface area contributed by atoms with Gasteiger partial charge in [0, 0.05) is 19.2 Å². The summed E-state index contributed by atoms with van der Waals surface area (Å²) in [5, 5.41) is 0. The molecule has 3 nitrogen and oxygen atoms in total. The molecule has 3 heteroatoms. The third-order valence-corrected chi connectivity index (χ3v) is 3.83. The molecule has 2 N–H and O–H groups in total. The molecule has 0 bridgehead atoms. The van der Waals surface area contributed by atoms with Gasteiger partial charge >= 0.3 is 0 Å². The lowest BCUT2D eigenvalue weighted by atomic mass is 10.1. The van der Waals surface area contributed by atoms with Gasteiger partial charge in [-0.2, -0.15) is 0 Å². The molecule has 0 spiro atoms. The Hall–Kier alpha value is -2.29. The molecule has 21 heavy (non-hydrogen) atoms. The highest BCUT2D eigenvalue weighted by Crippen LogP contribution is 2.19. The molecular formula is C18H22N2O. The van der Waals surface area contributed by atoms with Crippen molar-refractivity contribution >= 4 is 11.6 Å². The van der Waals surface area contributed by atoms with E-state index in [1.165, 1.54) is 0 Å². The Morgan fingerprint density at radius 2 is 1.86 bits per heavy atom. The summed E-state index contributed by atoms with van der Waals surface area (Å²) in [6.45, 7) is 2.05. The van der Waals surface area contributed by atoms with Gasteiger partial charge in [-0.15, -0.1) is 0 Å². The van der Waals surface area contributed by atoms with Gasteiger partial charge in [-0.25, -0.2) is 0 Å². The number of nitrogens with zero attached hydrogens (tertiary/aromatic N) is 1. The van der Waals surface area contributed by atoms with E-state index in [0.29, 0.717) is 6.42 Å². The van der Waals surface area contributed by atoms with E-state index in [1.54, 1.807) is 0 Å². The largest absolute Gasteiger partial charge is 0.399 e. The van der Waals surface area contributed by atoms with Crippen molar-refractivity contribution in [1.82, 2.24) is 4.90 Å². The zero-order valence-corrected chi connectivity index (χ0v) is 12.6. The van der Waals surface area contributed by atoms with Gasteiger partial charge in [0.15, 0.2) is 0 Å². The number of benzene rings is 2. The summed E-state index contributed by atoms with van der Waals surface area (Å²) in [7, 11) is 1.86. The maximum Gasteiger partial charge on any atom is 0.223 e. The zero-order valence-electron chi connectivity index (χ0n) is 12.6. The summed E-state index contributed by atoms with van der Waals surface area (Å²) in [5.74, 6) is 0.147. The Morgan fingerprint density at radius 3 is 2.52 bits per heavy atom. The predicted molar refractivity (Wildman–Crippen MR) is 86.8 cm³/mol. The molecule has 2 aromatic carbocycles. The standard InChI is InChI=1S/C18H22N2O/c1-14(16-8-4-3-5-9-16)20(2)18(21)12-11-15-7-6-10-17(19)13-15/h3-10,13-14H,11-12,19H2,1-2H3. The number of nitrogen functional groups attached to an aromatic ring is 1. The lowest BCUT2D eigenvalue weighted by molar-refractivity contribution is -0.131. The number of aryl methyl sites for hydroxylation is 1. The van der Waals surface area contributed by atoms with E-state index in [-0.39, 0.29) is 11.9 Å². The first-order valence-corrected chi connectivity index (χ1v) is 7.23. The Kier molecular flexibility index (Phi) is 4.99. The molecule has 2 rings (SSSR count). The highest BCUT2D eigenvalue weighted by molar-refractivity contribution is 5.76. The van der Waals surface area contributed by atoms with Crippen LogP contribution in [0.5, 0.6) is 0 Å². The molecule has 0 aromatic heterocycles. The molecule has 0 saturated carbocycles. The van der Waals surface area contributed by atoms with Crippen molar-refractivity contribution in [3.63, 3.8) is 0 Å². The average Bonchev–Trinajstić information content (AvgIpc) is 2.52. The van der Waals surface area contributed by atoms with Gasteiger partial charge in [0.05, 0.1) is 6.04 Å². The van der Waals surface area contributed by atoms with Gasteiger partial charge in [-0.3, -0.25) is 4.79 Å². The van der Waals surface area contributed by atoms with Gasteiger partial charge in [-0.05, 0) is 36.6 Å². The number of hydrogen-bond donors (Lipinski definition) is 1. The summed E-state index contributed by atoms with van der Waals surface area (Å²) in [5.41, 5.74) is 8.75. The average molecular weight is 282 g/mol. The maximum absolute atomic E-state index is 12.3. The van der Waals surface area contributed by atoms with Gasteiger partial charge in [0.1, 0.15) is 0 Å². The molecule has 0 saturated heterocycles. The fourth-order valence-corrected chi connectivity index (χ4v) is 2.35. The minimum Gasteiger partial charge on any atom is -0.399 e. The normalized spacial score (nSPS) is 11.9. The van der Waals surface area contributed by atoms with Crippen LogP contribution in [-0.4, -0.2) is 17.9 Å². The first-order chi connectivity index (χ1) is 10.1. The van der Waals surface area contributed by atoms with Crippen molar-refractivity contribution in [2.24, 2.45) is 0 Å². The van der Waals surface area contributed by atoms with E-state index >= 15 is 0 Å². The minimum absolute atomic E-state index is 0.0829. The number of carbonyl (C=O) groups excluding carboxylic acids is 1. The molecule has 1 unspecified atom stereocenters. The van der Waals surface area contributed by atoms with E-state index in [1.807, 2.05) is 73.5 Å². The molecule has 0 radical (unpaired) electrons. The van der Waals surface area contributed by atoms with Crippen molar-refractivity contribution in [1.29, 1.82) is 0 Å². The van der Waals surface area contributed by atoms with E-state index in [4.69, 9.17) is 5.73 Å². The van der Waals surface area contributed by atoms with E-state index in [2.05, 4.69) is 0 Å². The summed E-state index contributed by atoms with van der Waals surface area (Å²) >= 11 is 0. The van der Waals surface area contributed by atoms with Gasteiger partial charge < -0.3 is 10.6 Å². The Bertz CT molecular complexity index is 595. The van der Waals surface area contributed by atoms with E-state index in [9.17, 15) is 4.79 Å². The molecule has 0 aliphatic rings. The monoisotopic (exact) mass is 282 g/mol. The van der Waals surface area contributed by atoms with Crippen molar-refractivity contribution < 1.29 is 4.79 Å². The lowest BCUT2D eigenvalue weighted by Gasteiger charge is -2.25. The quantitative estimate of drug-likeness (QED) is 0.854. The number of nitrogens with two attached hydrogens (primary N) is 1. The second-order valence-corrected chi connectivity index (χ2v) is 5.34. The maximum atomic E-state index is 12.3. The van der Waals surface area contributed by atoms with Crippen LogP contribution in [0.2, 0.25) is 0 Å². The highest BCUT2D eigenvalue weighted by Gasteiger charge is 2.16. The van der Waals surface area contributed by atoms with Gasteiger partial charge in [-0.1, -0.05) is 42.5 Å². The first kappa shape index (κ1) is 15.1. The smallest absolute Gasteiger partial charge is 0.223 e. The van der Waals surface area contributed by atoms with Crippen LogP contribution < -0.4 is 5.73 Å². The molecular weight excluding hydrogens is 260 g/mol. The summed E-state index contributed by atoms with van der Waals surface area (Å²) in [6, 6.07) is 17.9. The summed E-state index contributed by atoms with van der Waals surface area (Å²) < 4.78 is 0. The van der Waals surface area contributed by atoms with Crippen molar-refractivity contribution in [2.45, 2.75) is 25.8 Å². The molecule has 0 aliphatic heterocycles. The highest BCUT2D eigenvalue weighted by atomic mass is 16.2. The molecule has 1 amide bonds. The van der Waals surface area contributed by atoms with Crippen LogP contribution in [0.15, 0.2) is 54.6 Å². The molecule has 110 valence electrons. The minimum atomic E-state index is 0.0829. The third kappa shape index (κ3) is 4.09. The van der Waals surface area contributed by atoms with Crippen LogP contribution in [-0.2, 0) is 11.2 Å². The summed E-state index contributed by atoms with van der Waals surface area (Å²) in [6.07, 6.45) is 1.22. The second kappa shape index (κ2) is 6.93. The van der Waals surface area contributed by atoms with Crippen molar-refractivity contribution in [3.05, 3.63) is 65.7 Å². The molecule has 2 aromatic rings. The predicted octanol–water partition coefficient (Wildman–Crippen LogP) is 3.42. The lowest BCUT2D eigenvalue weighted by Crippen LogP contribution is -2.29. The topological polar surface area (TPSA) is 46.3 Å². The third-order valence-electron chi connectivity index (χ3n) is 3.83. The fraction of sp³-hybridized carbons (Fsp3) is 0.278. The Morgan fingerprint density at radius 1 is 1.14 bits per heavy atom. The van der Waals surface area contributed by atoms with Crippen LogP contribution in [0.3, 0.4) is 0 Å². The Labute approximate surface area is 126 Å². The van der Waals surface area contributed by atoms with Crippen LogP contribution in [0.25, 0.3) is 0 Å². The molecule has 1 atom stereocenters. The molecule has 0 fully saturated rings. The number of amides is 1. The summed E-state index contributed by atoms with van der Waals surface area (Å²) in [4.78, 5) is 14.1. The number of hydrogen-bond acceptors (Lipinski definition) is 2. The zero-order chi connectivity index (χ0) is 15.2. The first-order valence-electron chi connectivity index (χ1n) is 7.23. The Balaban J connectivity index is 1.94. The van der Waals surface area contributed by atoms with Crippen molar-refractivity contribution in [2.75, 3.05) is 12.8 Å². The number of anilines is 1. The van der Waals surface area contributed by atoms with Crippen molar-refractivity contribution in [3.8, 4) is 0 Å². The van der Waals surface area contributed by atoms with Crippen LogP contribution in [0.4, 0.5) is 5.69 Å². The van der Waals surface area contributed by atoms with Crippen LogP contribution in [0, 0.1) is 0 Å². The van der Waals surface area contributed by atoms with Crippen LogP contribution >= 0.6 is 0 Å².